The van der Waals surface area contributed by atoms with Crippen molar-refractivity contribution in [3.63, 3.8) is 0 Å². The fourth-order valence-corrected chi connectivity index (χ4v) is 4.05. The molecule has 0 aromatic heterocycles. The van der Waals surface area contributed by atoms with Crippen molar-refractivity contribution in [2.24, 2.45) is 0 Å². The molecule has 0 bridgehead atoms. The molecule has 0 aliphatic rings. The van der Waals surface area contributed by atoms with Crippen molar-refractivity contribution in [2.75, 3.05) is 0 Å². The quantitative estimate of drug-likeness (QED) is 0.248. The standard InChI is InChI=1S/C24H25/c1-2-3-4-5-6-7-10-20-17-21-13-8-11-18-15-16-19-12-9-14-22(20)24(19)23(18)21/h8-9,11-13,15-17H,2-7,10H2,1H3. The van der Waals surface area contributed by atoms with Crippen molar-refractivity contribution in [3.05, 3.63) is 60.2 Å². The van der Waals surface area contributed by atoms with Crippen molar-refractivity contribution in [1.29, 1.82) is 0 Å². The Morgan fingerprint density at radius 2 is 1.50 bits per heavy atom. The first kappa shape index (κ1) is 15.4. The largest absolute Gasteiger partial charge is 0.0654 e. The monoisotopic (exact) mass is 313 g/mol. The van der Waals surface area contributed by atoms with Crippen LogP contribution in [0, 0.1) is 6.07 Å². The van der Waals surface area contributed by atoms with Gasteiger partial charge in [-0.05, 0) is 56.8 Å². The molecule has 0 spiro atoms. The summed E-state index contributed by atoms with van der Waals surface area (Å²) in [7, 11) is 0. The molecular formula is C24H25. The molecule has 121 valence electrons. The van der Waals surface area contributed by atoms with Crippen LogP contribution in [0.3, 0.4) is 0 Å². The van der Waals surface area contributed by atoms with Gasteiger partial charge in [0.15, 0.2) is 0 Å². The summed E-state index contributed by atoms with van der Waals surface area (Å²) in [6, 6.07) is 21.4. The summed E-state index contributed by atoms with van der Waals surface area (Å²) in [5.74, 6) is 0. The third kappa shape index (κ3) is 2.75. The summed E-state index contributed by atoms with van der Waals surface area (Å²) < 4.78 is 0. The molecule has 0 amide bonds. The number of aryl methyl sites for hydroxylation is 1. The van der Waals surface area contributed by atoms with Gasteiger partial charge in [0, 0.05) is 0 Å². The SMILES string of the molecule is CCCCCCCCc1cc2cccc3ccc4cc[c]c1c4c32. The van der Waals surface area contributed by atoms with Crippen molar-refractivity contribution in [2.45, 2.75) is 51.9 Å². The van der Waals surface area contributed by atoms with Crippen LogP contribution in [-0.2, 0) is 6.42 Å². The zero-order chi connectivity index (χ0) is 16.4. The third-order valence-corrected chi connectivity index (χ3v) is 5.30. The Bertz CT molecular complexity index is 948. The summed E-state index contributed by atoms with van der Waals surface area (Å²) in [6.07, 6.45) is 9.28. The van der Waals surface area contributed by atoms with E-state index in [0.29, 0.717) is 0 Å². The molecule has 0 aliphatic heterocycles. The molecule has 0 aliphatic carbocycles. The van der Waals surface area contributed by atoms with Gasteiger partial charge in [-0.3, -0.25) is 0 Å². The van der Waals surface area contributed by atoms with Gasteiger partial charge >= 0.3 is 0 Å². The summed E-state index contributed by atoms with van der Waals surface area (Å²) in [6.45, 7) is 2.28. The first-order valence-electron chi connectivity index (χ1n) is 9.45. The highest BCUT2D eigenvalue weighted by Crippen LogP contribution is 2.36. The van der Waals surface area contributed by atoms with E-state index in [1.807, 2.05) is 0 Å². The predicted molar refractivity (Wildman–Crippen MR) is 106 cm³/mol. The minimum Gasteiger partial charge on any atom is -0.0654 e. The Morgan fingerprint density at radius 3 is 2.38 bits per heavy atom. The lowest BCUT2D eigenvalue weighted by atomic mass is 9.90. The number of unbranched alkanes of at least 4 members (excludes halogenated alkanes) is 5. The van der Waals surface area contributed by atoms with Crippen LogP contribution in [0.25, 0.3) is 32.3 Å². The van der Waals surface area contributed by atoms with Crippen LogP contribution in [0.1, 0.15) is 51.0 Å². The summed E-state index contributed by atoms with van der Waals surface area (Å²) in [5.41, 5.74) is 1.47. The summed E-state index contributed by atoms with van der Waals surface area (Å²) >= 11 is 0. The van der Waals surface area contributed by atoms with Crippen molar-refractivity contribution < 1.29 is 0 Å². The minimum atomic E-state index is 1.17. The van der Waals surface area contributed by atoms with E-state index in [-0.39, 0.29) is 0 Å². The zero-order valence-electron chi connectivity index (χ0n) is 14.6. The maximum absolute atomic E-state index is 3.54. The number of benzene rings is 4. The van der Waals surface area contributed by atoms with Crippen molar-refractivity contribution in [1.82, 2.24) is 0 Å². The van der Waals surface area contributed by atoms with E-state index in [9.17, 15) is 0 Å². The van der Waals surface area contributed by atoms with Crippen LogP contribution < -0.4 is 0 Å². The summed E-state index contributed by atoms with van der Waals surface area (Å²) in [4.78, 5) is 0. The Labute approximate surface area is 144 Å². The van der Waals surface area contributed by atoms with Gasteiger partial charge in [0.25, 0.3) is 0 Å². The Balaban J connectivity index is 1.70. The first-order chi connectivity index (χ1) is 11.9. The average molecular weight is 313 g/mol. The van der Waals surface area contributed by atoms with E-state index in [0.717, 1.165) is 0 Å². The van der Waals surface area contributed by atoms with Gasteiger partial charge in [0.2, 0.25) is 0 Å². The van der Waals surface area contributed by atoms with E-state index < -0.39 is 0 Å². The molecule has 0 heteroatoms. The van der Waals surface area contributed by atoms with Crippen molar-refractivity contribution in [3.8, 4) is 0 Å². The van der Waals surface area contributed by atoms with E-state index in [1.165, 1.54) is 82.8 Å². The van der Waals surface area contributed by atoms with Gasteiger partial charge < -0.3 is 0 Å². The Morgan fingerprint density at radius 1 is 0.750 bits per heavy atom. The lowest BCUT2D eigenvalue weighted by molar-refractivity contribution is 0.608. The molecule has 4 aromatic rings. The van der Waals surface area contributed by atoms with E-state index in [4.69, 9.17) is 0 Å². The van der Waals surface area contributed by atoms with Gasteiger partial charge in [-0.25, -0.2) is 0 Å². The van der Waals surface area contributed by atoms with Gasteiger partial charge in [0.05, 0.1) is 0 Å². The molecule has 4 aromatic carbocycles. The molecule has 0 heterocycles. The highest BCUT2D eigenvalue weighted by atomic mass is 14.1. The summed E-state index contributed by atoms with van der Waals surface area (Å²) in [5, 5.41) is 8.23. The van der Waals surface area contributed by atoms with E-state index in [1.54, 1.807) is 0 Å². The van der Waals surface area contributed by atoms with Crippen LogP contribution in [-0.4, -0.2) is 0 Å². The van der Waals surface area contributed by atoms with Gasteiger partial charge in [-0.2, -0.15) is 0 Å². The zero-order valence-corrected chi connectivity index (χ0v) is 14.6. The molecule has 0 fully saturated rings. The molecule has 0 N–H and O–H groups in total. The van der Waals surface area contributed by atoms with Gasteiger partial charge in [-0.15, -0.1) is 0 Å². The van der Waals surface area contributed by atoms with Crippen LogP contribution >= 0.6 is 0 Å². The second-order valence-corrected chi connectivity index (χ2v) is 7.02. The van der Waals surface area contributed by atoms with Crippen LogP contribution in [0.15, 0.2) is 48.5 Å². The molecular weight excluding hydrogens is 288 g/mol. The highest BCUT2D eigenvalue weighted by Gasteiger charge is 2.11. The fourth-order valence-electron chi connectivity index (χ4n) is 4.05. The first-order valence-corrected chi connectivity index (χ1v) is 9.45. The average Bonchev–Trinajstić information content (AvgIpc) is 2.63. The topological polar surface area (TPSA) is 0 Å². The molecule has 0 saturated heterocycles. The van der Waals surface area contributed by atoms with Crippen molar-refractivity contribution >= 4 is 32.3 Å². The van der Waals surface area contributed by atoms with Gasteiger partial charge in [-0.1, -0.05) is 87.6 Å². The normalized spacial score (nSPS) is 11.9. The Hall–Kier alpha value is -2.08. The maximum atomic E-state index is 3.54. The second kappa shape index (κ2) is 6.81. The highest BCUT2D eigenvalue weighted by molar-refractivity contribution is 6.23. The molecule has 24 heavy (non-hydrogen) atoms. The number of rotatable bonds is 7. The number of hydrogen-bond acceptors (Lipinski definition) is 0. The predicted octanol–water partition coefficient (Wildman–Crippen LogP) is 7.29. The molecule has 0 saturated carbocycles. The molecule has 4 rings (SSSR count). The molecule has 0 atom stereocenters. The lowest BCUT2D eigenvalue weighted by Crippen LogP contribution is -1.92. The smallest absolute Gasteiger partial charge is 0.00178 e. The van der Waals surface area contributed by atoms with E-state index in [2.05, 4.69) is 61.5 Å². The van der Waals surface area contributed by atoms with Crippen LogP contribution in [0.2, 0.25) is 0 Å². The molecule has 0 unspecified atom stereocenters. The second-order valence-electron chi connectivity index (χ2n) is 7.02. The molecule has 0 nitrogen and oxygen atoms in total. The van der Waals surface area contributed by atoms with Crippen LogP contribution in [0.4, 0.5) is 0 Å². The maximum Gasteiger partial charge on any atom is -0.00178 e. The van der Waals surface area contributed by atoms with E-state index >= 15 is 0 Å². The fraction of sp³-hybridized carbons (Fsp3) is 0.333. The lowest BCUT2D eigenvalue weighted by Gasteiger charge is -2.14. The Kier molecular flexibility index (Phi) is 4.38. The third-order valence-electron chi connectivity index (χ3n) is 5.30. The molecule has 1 radical (unpaired) electrons. The van der Waals surface area contributed by atoms with Crippen LogP contribution in [0.5, 0.6) is 0 Å². The van der Waals surface area contributed by atoms with Gasteiger partial charge in [0.1, 0.15) is 0 Å². The minimum absolute atomic E-state index is 1.17. The number of hydrogen-bond donors (Lipinski definition) is 0.